The average Bonchev–Trinajstić information content (AvgIpc) is 2.90. The van der Waals surface area contributed by atoms with Gasteiger partial charge < -0.3 is 30.3 Å². The molecule has 1 aromatic rings. The number of aliphatic carboxylic acids is 2. The first-order chi connectivity index (χ1) is 18.7. The van der Waals surface area contributed by atoms with Gasteiger partial charge in [-0.15, -0.1) is 0 Å². The number of aliphatic hydroxyl groups excluding tert-OH is 1. The molecule has 0 saturated carbocycles. The van der Waals surface area contributed by atoms with Gasteiger partial charge in [0.1, 0.15) is 6.29 Å². The second-order valence-electron chi connectivity index (χ2n) is 9.01. The monoisotopic (exact) mass is 571 g/mol. The molecule has 1 amide bonds. The van der Waals surface area contributed by atoms with Crippen molar-refractivity contribution in [1.82, 2.24) is 24.9 Å². The van der Waals surface area contributed by atoms with Gasteiger partial charge in [0.2, 0.25) is 0 Å². The fourth-order valence-electron chi connectivity index (χ4n) is 4.10. The molecule has 1 saturated heterocycles. The SMILES string of the molecule is CNC(=O)c1ccc(CP(O)CN2CCN(CC=O)CCN(CC(=O)O)CCN(CC(=O)O)CC2)cc1.CO. The maximum Gasteiger partial charge on any atom is 0.317 e. The van der Waals surface area contributed by atoms with E-state index in [4.69, 9.17) is 5.11 Å². The van der Waals surface area contributed by atoms with Crippen LogP contribution < -0.4 is 5.32 Å². The van der Waals surface area contributed by atoms with Crippen LogP contribution in [-0.2, 0) is 20.5 Å². The fraction of sp³-hybridized carbons (Fsp3) is 0.600. The predicted molar refractivity (Wildman–Crippen MR) is 148 cm³/mol. The van der Waals surface area contributed by atoms with Gasteiger partial charge in [0.25, 0.3) is 5.91 Å². The lowest BCUT2D eigenvalue weighted by atomic mass is 10.1. The van der Waals surface area contributed by atoms with Gasteiger partial charge in [-0.05, 0) is 17.7 Å². The molecule has 2 rings (SSSR count). The van der Waals surface area contributed by atoms with Crippen LogP contribution >= 0.6 is 8.15 Å². The van der Waals surface area contributed by atoms with Crippen molar-refractivity contribution in [3.63, 3.8) is 0 Å². The summed E-state index contributed by atoms with van der Waals surface area (Å²) in [4.78, 5) is 64.1. The second kappa shape index (κ2) is 19.5. The molecular formula is C25H42N5O8P. The molecule has 1 unspecified atom stereocenters. The Hall–Kier alpha value is -2.51. The van der Waals surface area contributed by atoms with Crippen molar-refractivity contribution in [2.24, 2.45) is 0 Å². The van der Waals surface area contributed by atoms with E-state index in [0.29, 0.717) is 70.4 Å². The number of carbonyl (C=O) groups excluding carboxylic acids is 2. The third kappa shape index (κ3) is 14.4. The summed E-state index contributed by atoms with van der Waals surface area (Å²) in [5, 5.41) is 28.2. The Bertz CT molecular complexity index is 892. The van der Waals surface area contributed by atoms with E-state index in [1.807, 2.05) is 17.0 Å². The molecule has 39 heavy (non-hydrogen) atoms. The van der Waals surface area contributed by atoms with E-state index in [1.165, 1.54) is 0 Å². The van der Waals surface area contributed by atoms with E-state index in [-0.39, 0.29) is 25.5 Å². The van der Waals surface area contributed by atoms with Crippen molar-refractivity contribution >= 4 is 32.3 Å². The van der Waals surface area contributed by atoms with Gasteiger partial charge in [-0.3, -0.25) is 34.0 Å². The van der Waals surface area contributed by atoms with Crippen LogP contribution in [0.2, 0.25) is 0 Å². The van der Waals surface area contributed by atoms with Crippen molar-refractivity contribution in [2.45, 2.75) is 6.16 Å². The maximum atomic E-state index is 11.7. The summed E-state index contributed by atoms with van der Waals surface area (Å²) in [6.45, 7) is 3.76. The summed E-state index contributed by atoms with van der Waals surface area (Å²) in [7, 11) is 1.17. The fourth-order valence-corrected chi connectivity index (χ4v) is 5.58. The summed E-state index contributed by atoms with van der Waals surface area (Å²) >= 11 is 0. The number of carboxylic acid groups (broad SMARTS) is 2. The van der Waals surface area contributed by atoms with E-state index >= 15 is 0 Å². The molecule has 220 valence electrons. The molecule has 1 aliphatic rings. The number of carbonyl (C=O) groups is 4. The molecule has 14 heteroatoms. The van der Waals surface area contributed by atoms with E-state index in [0.717, 1.165) is 19.0 Å². The molecular weight excluding hydrogens is 529 g/mol. The molecule has 1 heterocycles. The summed E-state index contributed by atoms with van der Waals surface area (Å²) in [5.74, 6) is -2.08. The van der Waals surface area contributed by atoms with Crippen LogP contribution in [0.1, 0.15) is 15.9 Å². The van der Waals surface area contributed by atoms with Crippen LogP contribution in [0.15, 0.2) is 24.3 Å². The number of benzene rings is 1. The van der Waals surface area contributed by atoms with Gasteiger partial charge in [-0.25, -0.2) is 0 Å². The largest absolute Gasteiger partial charge is 0.480 e. The smallest absolute Gasteiger partial charge is 0.317 e. The minimum Gasteiger partial charge on any atom is -0.480 e. The summed E-state index contributed by atoms with van der Waals surface area (Å²) in [5.41, 5.74) is 1.47. The molecule has 0 radical (unpaired) electrons. The van der Waals surface area contributed by atoms with Crippen LogP contribution in [0.25, 0.3) is 0 Å². The molecule has 0 bridgehead atoms. The number of hydrogen-bond donors (Lipinski definition) is 5. The first-order valence-corrected chi connectivity index (χ1v) is 14.3. The number of amides is 1. The Kier molecular flexibility index (Phi) is 17.3. The lowest BCUT2D eigenvalue weighted by Gasteiger charge is -2.33. The van der Waals surface area contributed by atoms with E-state index in [1.54, 1.807) is 29.0 Å². The number of aldehydes is 1. The number of hydrogen-bond acceptors (Lipinski definition) is 10. The summed E-state index contributed by atoms with van der Waals surface area (Å²) in [6, 6.07) is 7.11. The zero-order chi connectivity index (χ0) is 29.2. The summed E-state index contributed by atoms with van der Waals surface area (Å²) in [6.07, 6.45) is 1.71. The van der Waals surface area contributed by atoms with E-state index < -0.39 is 20.1 Å². The first kappa shape index (κ1) is 34.5. The zero-order valence-corrected chi connectivity index (χ0v) is 23.6. The molecule has 5 N–H and O–H groups in total. The number of rotatable bonds is 11. The molecule has 13 nitrogen and oxygen atoms in total. The Morgan fingerprint density at radius 3 is 1.67 bits per heavy atom. The zero-order valence-electron chi connectivity index (χ0n) is 22.7. The van der Waals surface area contributed by atoms with E-state index in [2.05, 4.69) is 10.2 Å². The highest BCUT2D eigenvalue weighted by atomic mass is 31.1. The van der Waals surface area contributed by atoms with Crippen LogP contribution in [0.5, 0.6) is 0 Å². The number of carboxylic acids is 2. The van der Waals surface area contributed by atoms with Gasteiger partial charge in [-0.1, -0.05) is 12.1 Å². The van der Waals surface area contributed by atoms with E-state index in [9.17, 15) is 34.3 Å². The predicted octanol–water partition coefficient (Wildman–Crippen LogP) is -0.909. The van der Waals surface area contributed by atoms with Crippen molar-refractivity contribution in [3.05, 3.63) is 35.4 Å². The van der Waals surface area contributed by atoms with Crippen molar-refractivity contribution in [3.8, 4) is 0 Å². The number of aliphatic hydroxyl groups is 1. The quantitative estimate of drug-likeness (QED) is 0.164. The van der Waals surface area contributed by atoms with Crippen molar-refractivity contribution in [1.29, 1.82) is 0 Å². The molecule has 1 aromatic carbocycles. The first-order valence-electron chi connectivity index (χ1n) is 12.7. The minimum absolute atomic E-state index is 0.152. The molecule has 0 aliphatic carbocycles. The highest BCUT2D eigenvalue weighted by Crippen LogP contribution is 2.35. The normalized spacial score (nSPS) is 17.5. The molecule has 0 aromatic heterocycles. The van der Waals surface area contributed by atoms with Gasteiger partial charge >= 0.3 is 11.9 Å². The maximum absolute atomic E-state index is 11.7. The van der Waals surface area contributed by atoms with Gasteiger partial charge in [-0.2, -0.15) is 0 Å². The minimum atomic E-state index is -1.40. The Morgan fingerprint density at radius 1 is 0.821 bits per heavy atom. The van der Waals surface area contributed by atoms with Crippen LogP contribution in [-0.4, -0.2) is 156 Å². The van der Waals surface area contributed by atoms with Crippen LogP contribution in [0, 0.1) is 0 Å². The van der Waals surface area contributed by atoms with Crippen molar-refractivity contribution < 1.29 is 39.4 Å². The Labute approximate surface area is 230 Å². The lowest BCUT2D eigenvalue weighted by Crippen LogP contribution is -2.48. The van der Waals surface area contributed by atoms with Gasteiger partial charge in [0.05, 0.1) is 19.6 Å². The third-order valence-electron chi connectivity index (χ3n) is 6.15. The van der Waals surface area contributed by atoms with Crippen LogP contribution in [0.4, 0.5) is 0 Å². The number of nitrogens with zero attached hydrogens (tertiary/aromatic N) is 4. The molecule has 1 aliphatic heterocycles. The number of nitrogens with one attached hydrogen (secondary N) is 1. The Morgan fingerprint density at radius 2 is 1.26 bits per heavy atom. The van der Waals surface area contributed by atoms with Crippen LogP contribution in [0.3, 0.4) is 0 Å². The Balaban J connectivity index is 0.00000371. The molecule has 0 spiro atoms. The topological polar surface area (TPSA) is 174 Å². The molecule has 1 atom stereocenters. The highest BCUT2D eigenvalue weighted by molar-refractivity contribution is 7.50. The van der Waals surface area contributed by atoms with Gasteiger partial charge in [0.15, 0.2) is 0 Å². The lowest BCUT2D eigenvalue weighted by molar-refractivity contribution is -0.140. The average molecular weight is 572 g/mol. The second-order valence-corrected chi connectivity index (χ2v) is 10.6. The van der Waals surface area contributed by atoms with Gasteiger partial charge in [0, 0.05) is 92.7 Å². The standard InChI is InChI=1S/C24H38N5O7P.CH4O/c1-25-24(35)21-4-2-20(3-5-21)18-37(36)19-29-12-7-26(14-15-30)6-8-27(16-22(31)32)9-10-28(11-13-29)17-23(33)34;1-2/h2-5,15,36H,6-14,16-19H2,1H3,(H,25,35)(H,31,32)(H,33,34);2H,1H3. The molecule has 1 fully saturated rings. The summed E-state index contributed by atoms with van der Waals surface area (Å²) < 4.78 is 0. The highest BCUT2D eigenvalue weighted by Gasteiger charge is 2.20. The van der Waals surface area contributed by atoms with Crippen molar-refractivity contribution in [2.75, 3.05) is 92.4 Å². The third-order valence-corrected chi connectivity index (χ3v) is 7.61.